The largest absolute Gasteiger partial charge is 0.339 e. The predicted octanol–water partition coefficient (Wildman–Crippen LogP) is 5.12. The number of hydrogen-bond acceptors (Lipinski definition) is 4. The number of carbonyl (C=O) groups excluding carboxylic acids is 1. The van der Waals surface area contributed by atoms with Gasteiger partial charge in [-0.15, -0.1) is 0 Å². The normalized spacial score (nSPS) is 15.5. The van der Waals surface area contributed by atoms with E-state index in [0.717, 1.165) is 48.6 Å². The van der Waals surface area contributed by atoms with E-state index in [9.17, 15) is 4.79 Å². The smallest absolute Gasteiger partial charge is 0.254 e. The second-order valence-corrected chi connectivity index (χ2v) is 10.2. The minimum atomic E-state index is 0.0733. The zero-order valence-electron chi connectivity index (χ0n) is 20.0. The fraction of sp³-hybridized carbons (Fsp3) is 0.520. The number of benzene rings is 1. The third-order valence-corrected chi connectivity index (χ3v) is 6.53. The Hall–Kier alpha value is -2.96. The van der Waals surface area contributed by atoms with Gasteiger partial charge >= 0.3 is 0 Å². The van der Waals surface area contributed by atoms with Gasteiger partial charge in [0.1, 0.15) is 5.82 Å². The van der Waals surface area contributed by atoms with Gasteiger partial charge in [0.05, 0.1) is 5.69 Å². The Balaban J connectivity index is 1.68. The molecule has 0 bridgehead atoms. The zero-order valence-corrected chi connectivity index (χ0v) is 20.0. The van der Waals surface area contributed by atoms with Gasteiger partial charge in [-0.2, -0.15) is 10.2 Å². The van der Waals surface area contributed by atoms with E-state index in [1.165, 1.54) is 0 Å². The fourth-order valence-electron chi connectivity index (χ4n) is 4.44. The maximum absolute atomic E-state index is 13.6. The zero-order chi connectivity index (χ0) is 23.0. The summed E-state index contributed by atoms with van der Waals surface area (Å²) in [6, 6.07) is 8.05. The van der Waals surface area contributed by atoms with E-state index >= 15 is 0 Å². The molecule has 3 heterocycles. The molecule has 0 radical (unpaired) electrons. The molecule has 0 atom stereocenters. The van der Waals surface area contributed by atoms with Crippen LogP contribution in [0.2, 0.25) is 0 Å². The number of hydrogen-bond donors (Lipinski definition) is 1. The average molecular weight is 435 g/mol. The Morgan fingerprint density at radius 1 is 1.16 bits per heavy atom. The minimum Gasteiger partial charge on any atom is -0.339 e. The molecular formula is C25H34N6O. The second-order valence-electron chi connectivity index (χ2n) is 10.2. The highest BCUT2D eigenvalue weighted by Gasteiger charge is 2.31. The van der Waals surface area contributed by atoms with Crippen molar-refractivity contribution in [2.45, 2.75) is 60.4 Å². The summed E-state index contributed by atoms with van der Waals surface area (Å²) in [4.78, 5) is 20.1. The Morgan fingerprint density at radius 2 is 1.88 bits per heavy atom. The molecule has 1 N–H and O–H groups in total. The summed E-state index contributed by atoms with van der Waals surface area (Å²) in [5.74, 6) is 2.10. The lowest BCUT2D eigenvalue weighted by molar-refractivity contribution is 0.0609. The van der Waals surface area contributed by atoms with Gasteiger partial charge in [-0.1, -0.05) is 26.8 Å². The van der Waals surface area contributed by atoms with Gasteiger partial charge < -0.3 is 4.90 Å². The maximum Gasteiger partial charge on any atom is 0.254 e. The lowest BCUT2D eigenvalue weighted by Crippen LogP contribution is -2.41. The van der Waals surface area contributed by atoms with Crippen LogP contribution < -0.4 is 0 Å². The molecule has 0 aliphatic carbocycles. The Labute approximate surface area is 190 Å². The molecule has 32 heavy (non-hydrogen) atoms. The first-order valence-electron chi connectivity index (χ1n) is 11.5. The van der Waals surface area contributed by atoms with E-state index in [-0.39, 0.29) is 17.4 Å². The standard InChI is InChI=1S/C25H34N6O/c1-16(2)31-14-11-22(29-31)21-15-18(23-26-17(3)27-28-23)7-8-20(21)24(32)30-12-9-19(10-13-30)25(4,5)6/h7-8,11,14-16,19H,9-10,12-13H2,1-6H3,(H,26,27,28). The van der Waals surface area contributed by atoms with Crippen molar-refractivity contribution < 1.29 is 4.79 Å². The fourth-order valence-corrected chi connectivity index (χ4v) is 4.44. The third-order valence-electron chi connectivity index (χ3n) is 6.53. The summed E-state index contributed by atoms with van der Waals surface area (Å²) >= 11 is 0. The number of nitrogens with one attached hydrogen (secondary N) is 1. The number of aryl methyl sites for hydroxylation is 1. The SMILES string of the molecule is Cc1nc(-c2ccc(C(=O)N3CCC(C(C)(C)C)CC3)c(-c3ccn(C(C)C)n3)c2)n[nH]1. The molecule has 1 aromatic carbocycles. The highest BCUT2D eigenvalue weighted by atomic mass is 16.2. The van der Waals surface area contributed by atoms with E-state index in [0.29, 0.717) is 17.3 Å². The topological polar surface area (TPSA) is 79.7 Å². The molecule has 0 spiro atoms. The number of H-pyrrole nitrogens is 1. The van der Waals surface area contributed by atoms with Crippen molar-refractivity contribution >= 4 is 5.91 Å². The summed E-state index contributed by atoms with van der Waals surface area (Å²) in [5.41, 5.74) is 3.45. The summed E-state index contributed by atoms with van der Waals surface area (Å²) in [6.45, 7) is 14.5. The molecule has 1 fully saturated rings. The first-order chi connectivity index (χ1) is 15.1. The average Bonchev–Trinajstić information content (AvgIpc) is 3.42. The lowest BCUT2D eigenvalue weighted by atomic mass is 9.75. The van der Waals surface area contributed by atoms with Crippen LogP contribution in [-0.4, -0.2) is 48.9 Å². The van der Waals surface area contributed by atoms with E-state index in [1.807, 2.05) is 47.0 Å². The van der Waals surface area contributed by atoms with E-state index in [4.69, 9.17) is 5.10 Å². The Kier molecular flexibility index (Phi) is 5.93. The third kappa shape index (κ3) is 4.47. The predicted molar refractivity (Wildman–Crippen MR) is 126 cm³/mol. The number of nitrogens with zero attached hydrogens (tertiary/aromatic N) is 5. The van der Waals surface area contributed by atoms with Gasteiger partial charge in [-0.25, -0.2) is 4.98 Å². The van der Waals surface area contributed by atoms with Crippen molar-refractivity contribution in [3.63, 3.8) is 0 Å². The van der Waals surface area contributed by atoms with Crippen LogP contribution in [0.5, 0.6) is 0 Å². The van der Waals surface area contributed by atoms with Gasteiger partial charge in [0.25, 0.3) is 5.91 Å². The quantitative estimate of drug-likeness (QED) is 0.618. The molecule has 1 aliphatic rings. The molecular weight excluding hydrogens is 400 g/mol. The summed E-state index contributed by atoms with van der Waals surface area (Å²) in [6.07, 6.45) is 4.05. The number of carbonyl (C=O) groups is 1. The van der Waals surface area contributed by atoms with Gasteiger partial charge in [0.2, 0.25) is 0 Å². The second kappa shape index (κ2) is 8.52. The van der Waals surface area contributed by atoms with Gasteiger partial charge in [-0.05, 0) is 63.1 Å². The number of amides is 1. The molecule has 170 valence electrons. The Morgan fingerprint density at radius 3 is 2.44 bits per heavy atom. The van der Waals surface area contributed by atoms with E-state index < -0.39 is 0 Å². The van der Waals surface area contributed by atoms with Crippen molar-refractivity contribution in [2.24, 2.45) is 11.3 Å². The van der Waals surface area contributed by atoms with Crippen LogP contribution in [-0.2, 0) is 0 Å². The number of likely N-dealkylation sites (tertiary alicyclic amines) is 1. The van der Waals surface area contributed by atoms with Gasteiger partial charge in [0.15, 0.2) is 5.82 Å². The van der Waals surface area contributed by atoms with Crippen LogP contribution in [0.15, 0.2) is 30.5 Å². The highest BCUT2D eigenvalue weighted by Crippen LogP contribution is 2.35. The summed E-state index contributed by atoms with van der Waals surface area (Å²) < 4.78 is 1.92. The van der Waals surface area contributed by atoms with Crippen LogP contribution in [0.4, 0.5) is 0 Å². The molecule has 0 saturated carbocycles. The van der Waals surface area contributed by atoms with Crippen molar-refractivity contribution in [3.8, 4) is 22.6 Å². The van der Waals surface area contributed by atoms with Crippen molar-refractivity contribution in [1.29, 1.82) is 0 Å². The van der Waals surface area contributed by atoms with Crippen LogP contribution in [0.1, 0.15) is 69.7 Å². The number of rotatable bonds is 4. The molecule has 7 heteroatoms. The Bertz CT molecular complexity index is 1100. The van der Waals surface area contributed by atoms with Gasteiger partial charge in [0, 0.05) is 42.0 Å². The molecule has 3 aromatic rings. The van der Waals surface area contributed by atoms with Gasteiger partial charge in [-0.3, -0.25) is 14.6 Å². The molecule has 0 unspecified atom stereocenters. The number of aromatic nitrogens is 5. The highest BCUT2D eigenvalue weighted by molar-refractivity contribution is 6.01. The number of aromatic amines is 1. The molecule has 7 nitrogen and oxygen atoms in total. The van der Waals surface area contributed by atoms with Crippen LogP contribution in [0, 0.1) is 18.3 Å². The first kappa shape index (κ1) is 22.2. The summed E-state index contributed by atoms with van der Waals surface area (Å²) in [5, 5.41) is 11.9. The summed E-state index contributed by atoms with van der Waals surface area (Å²) in [7, 11) is 0. The maximum atomic E-state index is 13.6. The van der Waals surface area contributed by atoms with Crippen molar-refractivity contribution in [3.05, 3.63) is 41.9 Å². The van der Waals surface area contributed by atoms with Crippen molar-refractivity contribution in [1.82, 2.24) is 29.9 Å². The van der Waals surface area contributed by atoms with E-state index in [1.54, 1.807) is 0 Å². The molecule has 1 saturated heterocycles. The minimum absolute atomic E-state index is 0.0733. The lowest BCUT2D eigenvalue weighted by Gasteiger charge is -2.39. The van der Waals surface area contributed by atoms with Crippen molar-refractivity contribution in [2.75, 3.05) is 13.1 Å². The van der Waals surface area contributed by atoms with E-state index in [2.05, 4.69) is 49.8 Å². The van der Waals surface area contributed by atoms with Crippen LogP contribution in [0.25, 0.3) is 22.6 Å². The monoisotopic (exact) mass is 434 g/mol. The first-order valence-corrected chi connectivity index (χ1v) is 11.5. The van der Waals surface area contributed by atoms with Crippen LogP contribution >= 0.6 is 0 Å². The molecule has 1 amide bonds. The molecule has 2 aromatic heterocycles. The van der Waals surface area contributed by atoms with Crippen LogP contribution in [0.3, 0.4) is 0 Å². The molecule has 1 aliphatic heterocycles. The number of piperidine rings is 1. The molecule has 4 rings (SSSR count).